The van der Waals surface area contributed by atoms with Gasteiger partial charge in [-0.25, -0.2) is 9.98 Å². The molecule has 3 rings (SSSR count). The summed E-state index contributed by atoms with van der Waals surface area (Å²) in [7, 11) is 0. The molecule has 1 aliphatic heterocycles. The Morgan fingerprint density at radius 1 is 1.17 bits per heavy atom. The van der Waals surface area contributed by atoms with Crippen LogP contribution in [0.2, 0.25) is 0 Å². The quantitative estimate of drug-likeness (QED) is 0.871. The number of nitrogens with one attached hydrogen (secondary N) is 1. The second-order valence-corrected chi connectivity index (χ2v) is 3.95. The van der Waals surface area contributed by atoms with E-state index in [1.165, 1.54) is 0 Å². The minimum atomic E-state index is 0.737. The summed E-state index contributed by atoms with van der Waals surface area (Å²) in [5.41, 5.74) is 2.83. The van der Waals surface area contributed by atoms with Crippen molar-refractivity contribution < 1.29 is 0 Å². The molecular weight excluding hydrogens is 224 g/mol. The molecule has 0 amide bonds. The smallest absolute Gasteiger partial charge is 0.212 e. The summed E-state index contributed by atoms with van der Waals surface area (Å²) < 4.78 is 0. The molecule has 0 saturated carbocycles. The number of hydrogen-bond acceptors (Lipinski definition) is 3. The zero-order valence-corrected chi connectivity index (χ0v) is 9.74. The Morgan fingerprint density at radius 2 is 2.00 bits per heavy atom. The number of aromatic nitrogens is 2. The van der Waals surface area contributed by atoms with Gasteiger partial charge in [0.05, 0.1) is 17.6 Å². The van der Waals surface area contributed by atoms with E-state index in [9.17, 15) is 0 Å². The van der Waals surface area contributed by atoms with Crippen molar-refractivity contribution in [3.05, 3.63) is 61.1 Å². The molecule has 18 heavy (non-hydrogen) atoms. The fourth-order valence-corrected chi connectivity index (χ4v) is 1.72. The normalized spacial score (nSPS) is 14.2. The van der Waals surface area contributed by atoms with Gasteiger partial charge in [-0.15, -0.1) is 0 Å². The third-order valence-electron chi connectivity index (χ3n) is 2.67. The lowest BCUT2D eigenvalue weighted by Gasteiger charge is -2.13. The van der Waals surface area contributed by atoms with Crippen molar-refractivity contribution in [2.24, 2.45) is 4.99 Å². The largest absolute Gasteiger partial charge is 0.323 e. The maximum Gasteiger partial charge on any atom is 0.212 e. The number of anilines is 1. The van der Waals surface area contributed by atoms with Gasteiger partial charge in [0, 0.05) is 6.20 Å². The van der Waals surface area contributed by atoms with E-state index in [2.05, 4.69) is 21.5 Å². The predicted molar refractivity (Wildman–Crippen MR) is 73.3 cm³/mol. The minimum absolute atomic E-state index is 0.737. The molecule has 4 heteroatoms. The number of rotatable bonds is 2. The summed E-state index contributed by atoms with van der Waals surface area (Å²) in [4.78, 5) is 13.5. The van der Waals surface area contributed by atoms with Gasteiger partial charge in [-0.2, -0.15) is 0 Å². The molecule has 0 spiro atoms. The molecule has 2 heterocycles. The lowest BCUT2D eigenvalue weighted by Crippen LogP contribution is -2.16. The molecule has 0 bridgehead atoms. The Hall–Kier alpha value is -2.62. The highest BCUT2D eigenvalue weighted by Gasteiger charge is 2.09. The van der Waals surface area contributed by atoms with Gasteiger partial charge in [-0.1, -0.05) is 36.9 Å². The van der Waals surface area contributed by atoms with Crippen LogP contribution in [0.1, 0.15) is 0 Å². The maximum atomic E-state index is 4.34. The van der Waals surface area contributed by atoms with Gasteiger partial charge >= 0.3 is 0 Å². The first-order valence-corrected chi connectivity index (χ1v) is 5.63. The van der Waals surface area contributed by atoms with E-state index < -0.39 is 0 Å². The van der Waals surface area contributed by atoms with Gasteiger partial charge in [0.15, 0.2) is 0 Å². The van der Waals surface area contributed by atoms with Crippen molar-refractivity contribution in [1.29, 1.82) is 0 Å². The van der Waals surface area contributed by atoms with Crippen LogP contribution in [0.15, 0.2) is 66.1 Å². The van der Waals surface area contributed by atoms with Gasteiger partial charge in [0.2, 0.25) is 5.95 Å². The van der Waals surface area contributed by atoms with E-state index >= 15 is 0 Å². The molecule has 2 aromatic rings. The fourth-order valence-electron chi connectivity index (χ4n) is 1.72. The van der Waals surface area contributed by atoms with E-state index in [0.29, 0.717) is 0 Å². The molecule has 1 aromatic carbocycles. The number of H-pyrrole nitrogens is 1. The molecule has 0 fully saturated rings. The van der Waals surface area contributed by atoms with Gasteiger partial charge in [0.1, 0.15) is 6.34 Å². The highest BCUT2D eigenvalue weighted by molar-refractivity contribution is 5.81. The Labute approximate surface area is 105 Å². The number of imidazole rings is 1. The third-order valence-corrected chi connectivity index (χ3v) is 2.67. The van der Waals surface area contributed by atoms with Crippen molar-refractivity contribution in [3.8, 4) is 11.3 Å². The van der Waals surface area contributed by atoms with Crippen LogP contribution in [0.25, 0.3) is 11.3 Å². The van der Waals surface area contributed by atoms with Crippen LogP contribution in [0.3, 0.4) is 0 Å². The van der Waals surface area contributed by atoms with Gasteiger partial charge < -0.3 is 4.98 Å². The first-order valence-electron chi connectivity index (χ1n) is 5.63. The van der Waals surface area contributed by atoms with Crippen LogP contribution in [0, 0.1) is 0 Å². The molecule has 1 N–H and O–H groups in total. The highest BCUT2D eigenvalue weighted by atomic mass is 15.3. The summed E-state index contributed by atoms with van der Waals surface area (Å²) >= 11 is 0. The van der Waals surface area contributed by atoms with E-state index in [1.54, 1.807) is 6.34 Å². The third kappa shape index (κ3) is 1.96. The summed E-state index contributed by atoms with van der Waals surface area (Å²) in [6, 6.07) is 10.1. The number of aliphatic imine (C=N–C) groups is 1. The van der Waals surface area contributed by atoms with Crippen LogP contribution in [-0.2, 0) is 0 Å². The average molecular weight is 236 g/mol. The lowest BCUT2D eigenvalue weighted by atomic mass is 10.2. The molecule has 0 atom stereocenters. The Kier molecular flexibility index (Phi) is 2.53. The number of hydrogen-bond donors (Lipinski definition) is 1. The van der Waals surface area contributed by atoms with Crippen LogP contribution in [-0.4, -0.2) is 16.3 Å². The van der Waals surface area contributed by atoms with Crippen molar-refractivity contribution in [2.75, 3.05) is 4.90 Å². The fraction of sp³-hybridized carbons (Fsp3) is 0. The SMILES string of the molecule is C=C1C=CN(c2ncc(-c3ccccc3)[nH]2)C=N1. The molecule has 0 aliphatic carbocycles. The Bertz CT molecular complexity index is 606. The first kappa shape index (κ1) is 10.5. The summed E-state index contributed by atoms with van der Waals surface area (Å²) in [5, 5.41) is 0. The topological polar surface area (TPSA) is 44.3 Å². The number of nitrogens with zero attached hydrogens (tertiary/aromatic N) is 3. The summed E-state index contributed by atoms with van der Waals surface area (Å²) in [6.45, 7) is 3.75. The van der Waals surface area contributed by atoms with Crippen LogP contribution in [0.5, 0.6) is 0 Å². The van der Waals surface area contributed by atoms with E-state index in [-0.39, 0.29) is 0 Å². The monoisotopic (exact) mass is 236 g/mol. The van der Waals surface area contributed by atoms with E-state index in [4.69, 9.17) is 0 Å². The number of benzene rings is 1. The average Bonchev–Trinajstić information content (AvgIpc) is 2.90. The zero-order valence-electron chi connectivity index (χ0n) is 9.74. The Balaban J connectivity index is 1.89. The predicted octanol–water partition coefficient (Wildman–Crippen LogP) is 2.95. The standard InChI is InChI=1S/C14H12N4/c1-11-7-8-18(10-16-11)14-15-9-13(17-14)12-5-3-2-4-6-12/h2-10H,1H2,(H,15,17). The van der Waals surface area contributed by atoms with Crippen LogP contribution < -0.4 is 4.90 Å². The molecular formula is C14H12N4. The maximum absolute atomic E-state index is 4.34. The van der Waals surface area contributed by atoms with Crippen molar-refractivity contribution in [3.63, 3.8) is 0 Å². The molecule has 0 radical (unpaired) electrons. The number of allylic oxidation sites excluding steroid dienone is 1. The van der Waals surface area contributed by atoms with Crippen molar-refractivity contribution >= 4 is 12.3 Å². The first-order chi connectivity index (χ1) is 8.83. The van der Waals surface area contributed by atoms with Crippen molar-refractivity contribution in [2.45, 2.75) is 0 Å². The highest BCUT2D eigenvalue weighted by Crippen LogP contribution is 2.20. The molecule has 0 saturated heterocycles. The van der Waals surface area contributed by atoms with Gasteiger partial charge in [-0.3, -0.25) is 4.90 Å². The van der Waals surface area contributed by atoms with E-state index in [1.807, 2.05) is 53.7 Å². The summed E-state index contributed by atoms with van der Waals surface area (Å²) in [6.07, 6.45) is 7.22. The van der Waals surface area contributed by atoms with E-state index in [0.717, 1.165) is 22.9 Å². The molecule has 1 aliphatic rings. The minimum Gasteiger partial charge on any atom is -0.323 e. The summed E-state index contributed by atoms with van der Waals surface area (Å²) in [5.74, 6) is 0.737. The molecule has 88 valence electrons. The lowest BCUT2D eigenvalue weighted by molar-refractivity contribution is 1.16. The van der Waals surface area contributed by atoms with Crippen LogP contribution >= 0.6 is 0 Å². The second kappa shape index (κ2) is 4.33. The van der Waals surface area contributed by atoms with Crippen molar-refractivity contribution in [1.82, 2.24) is 9.97 Å². The second-order valence-electron chi connectivity index (χ2n) is 3.95. The van der Waals surface area contributed by atoms with Gasteiger partial charge in [0.25, 0.3) is 0 Å². The zero-order chi connectivity index (χ0) is 12.4. The molecule has 4 nitrogen and oxygen atoms in total. The molecule has 1 aromatic heterocycles. The van der Waals surface area contributed by atoms with Crippen LogP contribution in [0.4, 0.5) is 5.95 Å². The van der Waals surface area contributed by atoms with Gasteiger partial charge in [-0.05, 0) is 11.6 Å². The Morgan fingerprint density at radius 3 is 2.72 bits per heavy atom. The number of aromatic amines is 1. The molecule has 0 unspecified atom stereocenters.